The van der Waals surface area contributed by atoms with Gasteiger partial charge in [0.2, 0.25) is 0 Å². The number of nitrogens with zero attached hydrogens (tertiary/aromatic N) is 3. The summed E-state index contributed by atoms with van der Waals surface area (Å²) in [4.78, 5) is 8.82. The molecule has 1 saturated heterocycles. The molecule has 0 amide bonds. The van der Waals surface area contributed by atoms with Gasteiger partial charge < -0.3 is 19.9 Å². The van der Waals surface area contributed by atoms with Crippen LogP contribution in [0.4, 0.5) is 10.1 Å². The maximum atomic E-state index is 14.5. The van der Waals surface area contributed by atoms with Crippen LogP contribution in [-0.4, -0.2) is 57.3 Å². The molecule has 5 nitrogen and oxygen atoms in total. The molecule has 1 N–H and O–H groups in total. The number of unbranched alkanes of at least 4 members (excludes halogenated alkanes) is 1. The van der Waals surface area contributed by atoms with Gasteiger partial charge in [-0.05, 0) is 31.0 Å². The summed E-state index contributed by atoms with van der Waals surface area (Å²) < 4.78 is 19.8. The van der Waals surface area contributed by atoms with Crippen LogP contribution in [0.3, 0.4) is 0 Å². The second-order valence-corrected chi connectivity index (χ2v) is 6.33. The van der Waals surface area contributed by atoms with Crippen molar-refractivity contribution in [2.45, 2.75) is 33.2 Å². The molecule has 0 unspecified atom stereocenters. The Hall–Kier alpha value is -1.09. The molecular formula is C19H32FIN4O. The van der Waals surface area contributed by atoms with Gasteiger partial charge in [-0.1, -0.05) is 19.4 Å². The first-order chi connectivity index (χ1) is 12.2. The SMILES string of the molecule is CCCCN(C)C(=NCc1ccc(N2CCOCC2)c(F)c1)NCC.I. The lowest BCUT2D eigenvalue weighted by Crippen LogP contribution is -2.39. The Kier molecular flexibility index (Phi) is 10.9. The van der Waals surface area contributed by atoms with Gasteiger partial charge in [0.1, 0.15) is 5.82 Å². The van der Waals surface area contributed by atoms with Crippen LogP contribution in [-0.2, 0) is 11.3 Å². The molecule has 1 aliphatic rings. The fourth-order valence-corrected chi connectivity index (χ4v) is 2.85. The van der Waals surface area contributed by atoms with Crippen molar-refractivity contribution >= 4 is 35.6 Å². The van der Waals surface area contributed by atoms with Crippen LogP contribution < -0.4 is 10.2 Å². The first-order valence-corrected chi connectivity index (χ1v) is 9.26. The van der Waals surface area contributed by atoms with Crippen molar-refractivity contribution in [1.82, 2.24) is 10.2 Å². The minimum Gasteiger partial charge on any atom is -0.378 e. The number of nitrogens with one attached hydrogen (secondary N) is 1. The summed E-state index contributed by atoms with van der Waals surface area (Å²) in [6, 6.07) is 5.43. The van der Waals surface area contributed by atoms with E-state index in [2.05, 4.69) is 29.1 Å². The molecule has 0 bridgehead atoms. The Balaban J connectivity index is 0.00000338. The number of guanidine groups is 1. The summed E-state index contributed by atoms with van der Waals surface area (Å²) in [6.07, 6.45) is 2.28. The van der Waals surface area contributed by atoms with Crippen molar-refractivity contribution in [3.05, 3.63) is 29.6 Å². The number of ether oxygens (including phenoxy) is 1. The first-order valence-electron chi connectivity index (χ1n) is 9.26. The molecule has 0 atom stereocenters. The minimum atomic E-state index is -0.182. The largest absolute Gasteiger partial charge is 0.378 e. The molecule has 0 aromatic heterocycles. The van der Waals surface area contributed by atoms with Gasteiger partial charge in [-0.2, -0.15) is 0 Å². The Morgan fingerprint density at radius 3 is 2.65 bits per heavy atom. The van der Waals surface area contributed by atoms with E-state index < -0.39 is 0 Å². The lowest BCUT2D eigenvalue weighted by molar-refractivity contribution is 0.122. The third-order valence-corrected chi connectivity index (χ3v) is 4.32. The maximum absolute atomic E-state index is 14.5. The minimum absolute atomic E-state index is 0. The summed E-state index contributed by atoms with van der Waals surface area (Å²) in [6.45, 7) is 9.27. The molecule has 0 aliphatic carbocycles. The molecule has 148 valence electrons. The number of hydrogen-bond donors (Lipinski definition) is 1. The predicted molar refractivity (Wildman–Crippen MR) is 117 cm³/mol. The van der Waals surface area contributed by atoms with Gasteiger partial charge in [0, 0.05) is 33.2 Å². The van der Waals surface area contributed by atoms with E-state index in [0.29, 0.717) is 25.4 Å². The summed E-state index contributed by atoms with van der Waals surface area (Å²) in [5.74, 6) is 0.688. The zero-order chi connectivity index (χ0) is 18.1. The Morgan fingerprint density at radius 2 is 2.04 bits per heavy atom. The fraction of sp³-hybridized carbons (Fsp3) is 0.632. The first kappa shape index (κ1) is 23.0. The molecule has 1 aromatic carbocycles. The fourth-order valence-electron chi connectivity index (χ4n) is 2.85. The smallest absolute Gasteiger partial charge is 0.193 e. The highest BCUT2D eigenvalue weighted by atomic mass is 127. The summed E-state index contributed by atoms with van der Waals surface area (Å²) in [5, 5.41) is 3.30. The molecule has 1 aromatic rings. The van der Waals surface area contributed by atoms with Crippen molar-refractivity contribution in [2.75, 3.05) is 51.3 Å². The number of rotatable bonds is 7. The summed E-state index contributed by atoms with van der Waals surface area (Å²) in [5.41, 5.74) is 1.54. The number of anilines is 1. The molecule has 0 saturated carbocycles. The molecule has 26 heavy (non-hydrogen) atoms. The van der Waals surface area contributed by atoms with Gasteiger partial charge in [-0.25, -0.2) is 9.38 Å². The van der Waals surface area contributed by atoms with Crippen molar-refractivity contribution in [1.29, 1.82) is 0 Å². The van der Waals surface area contributed by atoms with Gasteiger partial charge in [-0.15, -0.1) is 24.0 Å². The number of hydrogen-bond acceptors (Lipinski definition) is 3. The number of aliphatic imine (C=N–C) groups is 1. The Bertz CT molecular complexity index is 564. The standard InChI is InChI=1S/C19H31FN4O.HI/c1-4-6-9-23(3)19(21-5-2)22-15-16-7-8-18(17(20)14-16)24-10-12-25-13-11-24;/h7-8,14H,4-6,9-13,15H2,1-3H3,(H,21,22);1H. The molecule has 7 heteroatoms. The third-order valence-electron chi connectivity index (χ3n) is 4.32. The highest BCUT2D eigenvalue weighted by Gasteiger charge is 2.15. The molecular weight excluding hydrogens is 446 g/mol. The van der Waals surface area contributed by atoms with Gasteiger partial charge in [0.15, 0.2) is 5.96 Å². The zero-order valence-electron chi connectivity index (χ0n) is 16.1. The number of halogens is 2. The molecule has 1 fully saturated rings. The van der Waals surface area contributed by atoms with Crippen molar-refractivity contribution in [3.8, 4) is 0 Å². The van der Waals surface area contributed by atoms with E-state index in [4.69, 9.17) is 4.74 Å². The van der Waals surface area contributed by atoms with E-state index >= 15 is 0 Å². The summed E-state index contributed by atoms with van der Waals surface area (Å²) >= 11 is 0. The van der Waals surface area contributed by atoms with Gasteiger partial charge in [0.05, 0.1) is 25.4 Å². The van der Waals surface area contributed by atoms with Crippen LogP contribution in [0.2, 0.25) is 0 Å². The van der Waals surface area contributed by atoms with E-state index in [1.807, 2.05) is 24.1 Å². The maximum Gasteiger partial charge on any atom is 0.193 e. The van der Waals surface area contributed by atoms with Crippen LogP contribution in [0.5, 0.6) is 0 Å². The van der Waals surface area contributed by atoms with E-state index in [1.165, 1.54) is 0 Å². The highest BCUT2D eigenvalue weighted by Crippen LogP contribution is 2.22. The second kappa shape index (κ2) is 12.3. The zero-order valence-corrected chi connectivity index (χ0v) is 18.5. The van der Waals surface area contributed by atoms with E-state index in [9.17, 15) is 4.39 Å². The lowest BCUT2D eigenvalue weighted by Gasteiger charge is -2.29. The third kappa shape index (κ3) is 6.90. The van der Waals surface area contributed by atoms with Gasteiger partial charge in [0.25, 0.3) is 0 Å². The van der Waals surface area contributed by atoms with Gasteiger partial charge >= 0.3 is 0 Å². The van der Waals surface area contributed by atoms with Crippen molar-refractivity contribution in [2.24, 2.45) is 4.99 Å². The van der Waals surface area contributed by atoms with E-state index in [0.717, 1.165) is 50.5 Å². The molecule has 1 aliphatic heterocycles. The lowest BCUT2D eigenvalue weighted by atomic mass is 10.1. The predicted octanol–water partition coefficient (Wildman–Crippen LogP) is 3.48. The van der Waals surface area contributed by atoms with Gasteiger partial charge in [-0.3, -0.25) is 0 Å². The Labute approximate surface area is 174 Å². The van der Waals surface area contributed by atoms with Crippen LogP contribution in [0.25, 0.3) is 0 Å². The van der Waals surface area contributed by atoms with Crippen molar-refractivity contribution in [3.63, 3.8) is 0 Å². The Morgan fingerprint density at radius 1 is 1.31 bits per heavy atom. The van der Waals surface area contributed by atoms with Crippen LogP contribution in [0.1, 0.15) is 32.3 Å². The van der Waals surface area contributed by atoms with Crippen molar-refractivity contribution < 1.29 is 9.13 Å². The average Bonchev–Trinajstić information content (AvgIpc) is 2.64. The molecule has 0 radical (unpaired) electrons. The molecule has 0 spiro atoms. The average molecular weight is 478 g/mol. The van der Waals surface area contributed by atoms with E-state index in [-0.39, 0.29) is 29.8 Å². The van der Waals surface area contributed by atoms with Crippen LogP contribution in [0.15, 0.2) is 23.2 Å². The van der Waals surface area contributed by atoms with E-state index in [1.54, 1.807) is 6.07 Å². The summed E-state index contributed by atoms with van der Waals surface area (Å²) in [7, 11) is 2.04. The quantitative estimate of drug-likeness (QED) is 0.370. The van der Waals surface area contributed by atoms with Crippen LogP contribution >= 0.6 is 24.0 Å². The normalized spacial score (nSPS) is 14.8. The highest BCUT2D eigenvalue weighted by molar-refractivity contribution is 14.0. The second-order valence-electron chi connectivity index (χ2n) is 6.33. The molecule has 2 rings (SSSR count). The topological polar surface area (TPSA) is 40.1 Å². The number of morpholine rings is 1. The molecule has 1 heterocycles. The monoisotopic (exact) mass is 478 g/mol. The number of benzene rings is 1. The van der Waals surface area contributed by atoms with Crippen LogP contribution in [0, 0.1) is 5.82 Å².